The molecule has 2 heterocycles. The molecule has 0 unspecified atom stereocenters. The number of urea groups is 1. The van der Waals surface area contributed by atoms with Crippen molar-refractivity contribution in [3.8, 4) is 0 Å². The average molecular weight is 318 g/mol. The molecule has 1 aliphatic heterocycles. The number of nitrogens with one attached hydrogen (secondary N) is 1. The molecule has 0 bridgehead atoms. The van der Waals surface area contributed by atoms with Gasteiger partial charge in [-0.25, -0.2) is 13.6 Å². The Labute approximate surface area is 127 Å². The minimum atomic E-state index is -2.46. The molecule has 2 amide bonds. The van der Waals surface area contributed by atoms with E-state index in [1.807, 2.05) is 11.8 Å². The van der Waals surface area contributed by atoms with E-state index < -0.39 is 13.0 Å². The fourth-order valence-electron chi connectivity index (χ4n) is 2.14. The molecule has 0 aromatic carbocycles. The predicted octanol–water partition coefficient (Wildman–Crippen LogP) is 2.75. The molecule has 0 spiro atoms. The Balaban J connectivity index is 1.90. The van der Waals surface area contributed by atoms with Gasteiger partial charge in [0.1, 0.15) is 6.54 Å². The van der Waals surface area contributed by atoms with E-state index in [0.29, 0.717) is 29.9 Å². The van der Waals surface area contributed by atoms with E-state index in [-0.39, 0.29) is 6.03 Å². The summed E-state index contributed by atoms with van der Waals surface area (Å²) in [6.07, 6.45) is 0.348. The van der Waals surface area contributed by atoms with Crippen LogP contribution < -0.4 is 5.32 Å². The first-order valence-electron chi connectivity index (χ1n) is 6.94. The first-order chi connectivity index (χ1) is 9.95. The lowest BCUT2D eigenvalue weighted by Crippen LogP contribution is -2.45. The lowest BCUT2D eigenvalue weighted by Gasteiger charge is -2.34. The lowest BCUT2D eigenvalue weighted by molar-refractivity contribution is 0.122. The molecule has 0 aliphatic carbocycles. The quantitative estimate of drug-likeness (QED) is 0.929. The summed E-state index contributed by atoms with van der Waals surface area (Å²) >= 11 is 1.89. The second kappa shape index (κ2) is 7.11. The van der Waals surface area contributed by atoms with Gasteiger partial charge in [-0.3, -0.25) is 4.68 Å². The predicted molar refractivity (Wildman–Crippen MR) is 79.9 cm³/mol. The van der Waals surface area contributed by atoms with E-state index in [9.17, 15) is 13.6 Å². The monoisotopic (exact) mass is 318 g/mol. The Hall–Kier alpha value is -1.31. The van der Waals surface area contributed by atoms with Crippen molar-refractivity contribution in [2.75, 3.05) is 24.2 Å². The van der Waals surface area contributed by atoms with Gasteiger partial charge in [0.25, 0.3) is 6.43 Å². The van der Waals surface area contributed by atoms with Gasteiger partial charge in [0.15, 0.2) is 0 Å². The van der Waals surface area contributed by atoms with Crippen LogP contribution in [0.3, 0.4) is 0 Å². The van der Waals surface area contributed by atoms with Crippen molar-refractivity contribution < 1.29 is 13.6 Å². The van der Waals surface area contributed by atoms with Gasteiger partial charge < -0.3 is 10.2 Å². The number of amides is 2. The fraction of sp³-hybridized carbons (Fsp3) is 0.692. The van der Waals surface area contributed by atoms with Crippen molar-refractivity contribution in [1.29, 1.82) is 0 Å². The third-order valence-electron chi connectivity index (χ3n) is 3.33. The molecule has 2 rings (SSSR count). The van der Waals surface area contributed by atoms with Gasteiger partial charge in [0, 0.05) is 30.3 Å². The number of aromatic nitrogens is 2. The maximum absolute atomic E-state index is 12.2. The van der Waals surface area contributed by atoms with E-state index in [2.05, 4.69) is 24.3 Å². The van der Waals surface area contributed by atoms with Gasteiger partial charge in [0.05, 0.1) is 11.9 Å². The Morgan fingerprint density at radius 3 is 3.00 bits per heavy atom. The van der Waals surface area contributed by atoms with Gasteiger partial charge in [-0.15, -0.1) is 0 Å². The van der Waals surface area contributed by atoms with Crippen molar-refractivity contribution in [1.82, 2.24) is 14.7 Å². The summed E-state index contributed by atoms with van der Waals surface area (Å²) in [6.45, 7) is 5.23. The van der Waals surface area contributed by atoms with Crippen LogP contribution in [0.25, 0.3) is 0 Å². The summed E-state index contributed by atoms with van der Waals surface area (Å²) in [6, 6.07) is -0.197. The summed E-state index contributed by atoms with van der Waals surface area (Å²) in [5, 5.41) is 6.95. The minimum absolute atomic E-state index is 0.197. The van der Waals surface area contributed by atoms with Crippen LogP contribution in [-0.2, 0) is 6.54 Å². The van der Waals surface area contributed by atoms with Crippen molar-refractivity contribution in [2.45, 2.75) is 32.1 Å². The van der Waals surface area contributed by atoms with Crippen molar-refractivity contribution in [2.24, 2.45) is 5.92 Å². The summed E-state index contributed by atoms with van der Waals surface area (Å²) < 4.78 is 25.6. The first-order valence-corrected chi connectivity index (χ1v) is 7.98. The topological polar surface area (TPSA) is 50.2 Å². The third kappa shape index (κ3) is 4.59. The average Bonchev–Trinajstić information content (AvgIpc) is 2.85. The van der Waals surface area contributed by atoms with Crippen LogP contribution in [0.1, 0.15) is 13.8 Å². The Morgan fingerprint density at radius 1 is 1.57 bits per heavy atom. The molecule has 8 heteroatoms. The van der Waals surface area contributed by atoms with Gasteiger partial charge in [-0.1, -0.05) is 13.8 Å². The van der Waals surface area contributed by atoms with Crippen LogP contribution in [0.5, 0.6) is 0 Å². The molecule has 1 N–H and O–H groups in total. The molecule has 1 fully saturated rings. The van der Waals surface area contributed by atoms with Crippen LogP contribution in [0.2, 0.25) is 0 Å². The number of halogens is 2. The first kappa shape index (κ1) is 16.1. The molecule has 1 aliphatic rings. The van der Waals surface area contributed by atoms with E-state index >= 15 is 0 Å². The number of anilines is 1. The molecule has 21 heavy (non-hydrogen) atoms. The van der Waals surface area contributed by atoms with Crippen LogP contribution in [0.15, 0.2) is 12.4 Å². The Kier molecular flexibility index (Phi) is 5.44. The van der Waals surface area contributed by atoms with Crippen molar-refractivity contribution in [3.63, 3.8) is 0 Å². The Morgan fingerprint density at radius 2 is 2.33 bits per heavy atom. The zero-order valence-corrected chi connectivity index (χ0v) is 12.9. The fourth-order valence-corrected chi connectivity index (χ4v) is 3.43. The zero-order chi connectivity index (χ0) is 15.4. The molecule has 118 valence electrons. The smallest absolute Gasteiger partial charge is 0.321 e. The molecular formula is C13H20F2N4OS. The van der Waals surface area contributed by atoms with Crippen LogP contribution in [-0.4, -0.2) is 51.2 Å². The number of alkyl halides is 2. The standard InChI is InChI=1S/C13H20F2N4OS/c1-9(2)11-7-18(3-4-21-11)13(20)17-10-5-16-19(6-10)8-12(14)15/h5-6,9,11-12H,3-4,7-8H2,1-2H3,(H,17,20)/t11-/m1/s1. The minimum Gasteiger partial charge on any atom is -0.323 e. The van der Waals surface area contributed by atoms with E-state index in [4.69, 9.17) is 0 Å². The molecule has 1 aromatic heterocycles. The largest absolute Gasteiger partial charge is 0.323 e. The van der Waals surface area contributed by atoms with E-state index in [1.165, 1.54) is 12.4 Å². The third-order valence-corrected chi connectivity index (χ3v) is 4.87. The maximum atomic E-state index is 12.2. The number of carbonyl (C=O) groups is 1. The molecular weight excluding hydrogens is 298 g/mol. The summed E-state index contributed by atoms with van der Waals surface area (Å²) in [7, 11) is 0. The maximum Gasteiger partial charge on any atom is 0.321 e. The zero-order valence-electron chi connectivity index (χ0n) is 12.1. The molecule has 1 atom stereocenters. The summed E-state index contributed by atoms with van der Waals surface area (Å²) in [5.74, 6) is 1.43. The van der Waals surface area contributed by atoms with Crippen LogP contribution in [0, 0.1) is 5.92 Å². The highest BCUT2D eigenvalue weighted by Crippen LogP contribution is 2.25. The van der Waals surface area contributed by atoms with Gasteiger partial charge in [-0.2, -0.15) is 16.9 Å². The lowest BCUT2D eigenvalue weighted by atomic mass is 10.1. The number of hydrogen-bond donors (Lipinski definition) is 1. The SMILES string of the molecule is CC(C)[C@H]1CN(C(=O)Nc2cnn(CC(F)F)c2)CCS1. The van der Waals surface area contributed by atoms with E-state index in [0.717, 1.165) is 10.4 Å². The normalized spacial score (nSPS) is 19.3. The highest BCUT2D eigenvalue weighted by atomic mass is 32.2. The number of rotatable bonds is 4. The summed E-state index contributed by atoms with van der Waals surface area (Å²) in [4.78, 5) is 14.0. The molecule has 5 nitrogen and oxygen atoms in total. The van der Waals surface area contributed by atoms with Crippen molar-refractivity contribution >= 4 is 23.5 Å². The second-order valence-corrected chi connectivity index (χ2v) is 6.72. The molecule has 1 saturated heterocycles. The van der Waals surface area contributed by atoms with Gasteiger partial charge >= 0.3 is 6.03 Å². The Bertz CT molecular complexity index is 480. The van der Waals surface area contributed by atoms with Crippen LogP contribution in [0.4, 0.5) is 19.3 Å². The number of hydrogen-bond acceptors (Lipinski definition) is 3. The van der Waals surface area contributed by atoms with Crippen LogP contribution >= 0.6 is 11.8 Å². The van der Waals surface area contributed by atoms with Gasteiger partial charge in [0.2, 0.25) is 0 Å². The molecule has 0 radical (unpaired) electrons. The second-order valence-electron chi connectivity index (χ2n) is 5.37. The number of carbonyl (C=O) groups excluding carboxylic acids is 1. The van der Waals surface area contributed by atoms with Crippen molar-refractivity contribution in [3.05, 3.63) is 12.4 Å². The summed E-state index contributed by atoms with van der Waals surface area (Å²) in [5.41, 5.74) is 0.444. The number of nitrogens with zero attached hydrogens (tertiary/aromatic N) is 3. The highest BCUT2D eigenvalue weighted by Gasteiger charge is 2.26. The molecule has 1 aromatic rings. The van der Waals surface area contributed by atoms with E-state index in [1.54, 1.807) is 4.90 Å². The number of thioether (sulfide) groups is 1. The highest BCUT2D eigenvalue weighted by molar-refractivity contribution is 8.00. The molecule has 0 saturated carbocycles. The van der Waals surface area contributed by atoms with Gasteiger partial charge in [-0.05, 0) is 5.92 Å².